The van der Waals surface area contributed by atoms with Gasteiger partial charge in [-0.1, -0.05) is 12.2 Å². The van der Waals surface area contributed by atoms with Crippen molar-refractivity contribution in [3.63, 3.8) is 0 Å². The van der Waals surface area contributed by atoms with Gasteiger partial charge < -0.3 is 4.74 Å². The number of carbonyl (C=O) groups is 1. The smallest absolute Gasteiger partial charge is 0.332 e. The van der Waals surface area contributed by atoms with Gasteiger partial charge in [-0.25, -0.2) is 4.79 Å². The van der Waals surface area contributed by atoms with Crippen molar-refractivity contribution in [1.29, 1.82) is 0 Å². The predicted molar refractivity (Wildman–Crippen MR) is 51.8 cm³/mol. The number of nitrogens with zero attached hydrogens (tertiary/aromatic N) is 1. The van der Waals surface area contributed by atoms with Crippen LogP contribution in [0.4, 0.5) is 0 Å². The molecule has 2 heterocycles. The molecule has 0 saturated carbocycles. The van der Waals surface area contributed by atoms with Crippen molar-refractivity contribution in [2.24, 2.45) is 4.99 Å². The molecule has 0 radical (unpaired) electrons. The molecule has 3 nitrogen and oxygen atoms in total. The average Bonchev–Trinajstić information content (AvgIpc) is 2.51. The summed E-state index contributed by atoms with van der Waals surface area (Å²) in [6, 6.07) is 0. The van der Waals surface area contributed by atoms with Crippen molar-refractivity contribution in [3.05, 3.63) is 48.2 Å². The number of allylic oxidation sites excluding steroid dienone is 2. The molecule has 3 rings (SSSR count). The molecular formula is C11H7NO2. The van der Waals surface area contributed by atoms with Crippen LogP contribution >= 0.6 is 0 Å². The van der Waals surface area contributed by atoms with Crippen LogP contribution in [-0.4, -0.2) is 17.3 Å². The van der Waals surface area contributed by atoms with Gasteiger partial charge in [0.05, 0.1) is 5.71 Å². The monoisotopic (exact) mass is 185 g/mol. The number of ether oxygens (including phenoxy) is 1. The van der Waals surface area contributed by atoms with Crippen LogP contribution in [0.5, 0.6) is 0 Å². The van der Waals surface area contributed by atoms with E-state index in [9.17, 15) is 4.79 Å². The van der Waals surface area contributed by atoms with Crippen molar-refractivity contribution in [2.45, 2.75) is 5.60 Å². The van der Waals surface area contributed by atoms with Crippen molar-refractivity contribution < 1.29 is 9.53 Å². The number of rotatable bonds is 0. The molecule has 0 bridgehead atoms. The van der Waals surface area contributed by atoms with Crippen LogP contribution in [0, 0.1) is 0 Å². The summed E-state index contributed by atoms with van der Waals surface area (Å²) in [5, 5.41) is 0. The maximum absolute atomic E-state index is 11.2. The van der Waals surface area contributed by atoms with Crippen LogP contribution in [-0.2, 0) is 9.53 Å². The lowest BCUT2D eigenvalue weighted by Crippen LogP contribution is -2.40. The molecule has 1 atom stereocenters. The SMILES string of the molecule is O=C1C=C2C=CN=C3C=CC=CC23O1. The minimum Gasteiger partial charge on any atom is -0.440 e. The van der Waals surface area contributed by atoms with Gasteiger partial charge in [0.25, 0.3) is 0 Å². The maximum atomic E-state index is 11.2. The van der Waals surface area contributed by atoms with E-state index in [-0.39, 0.29) is 5.97 Å². The van der Waals surface area contributed by atoms with Crippen LogP contribution in [0.25, 0.3) is 0 Å². The third-order valence-corrected chi connectivity index (χ3v) is 2.51. The zero-order valence-corrected chi connectivity index (χ0v) is 7.31. The molecule has 3 aliphatic rings. The first-order chi connectivity index (χ1) is 6.81. The van der Waals surface area contributed by atoms with Crippen LogP contribution in [0.2, 0.25) is 0 Å². The van der Waals surface area contributed by atoms with Gasteiger partial charge in [-0.15, -0.1) is 0 Å². The molecular weight excluding hydrogens is 178 g/mol. The van der Waals surface area contributed by atoms with Gasteiger partial charge in [0.1, 0.15) is 0 Å². The van der Waals surface area contributed by atoms with E-state index in [2.05, 4.69) is 4.99 Å². The predicted octanol–water partition coefficient (Wildman–Crippen LogP) is 1.30. The summed E-state index contributed by atoms with van der Waals surface area (Å²) in [6.07, 6.45) is 12.5. The summed E-state index contributed by atoms with van der Waals surface area (Å²) in [7, 11) is 0. The molecule has 2 aliphatic heterocycles. The number of hydrogen-bond donors (Lipinski definition) is 0. The quantitative estimate of drug-likeness (QED) is 0.533. The Hall–Kier alpha value is -1.90. The van der Waals surface area contributed by atoms with Crippen LogP contribution in [0.3, 0.4) is 0 Å². The summed E-state index contributed by atoms with van der Waals surface area (Å²) >= 11 is 0. The molecule has 68 valence electrons. The highest BCUT2D eigenvalue weighted by Crippen LogP contribution is 2.36. The Morgan fingerprint density at radius 2 is 2.21 bits per heavy atom. The second-order valence-corrected chi connectivity index (χ2v) is 3.30. The zero-order chi connectivity index (χ0) is 9.60. The van der Waals surface area contributed by atoms with Gasteiger partial charge in [0.15, 0.2) is 5.60 Å². The van der Waals surface area contributed by atoms with E-state index in [1.54, 1.807) is 12.3 Å². The molecule has 0 saturated heterocycles. The van der Waals surface area contributed by atoms with Crippen LogP contribution in [0.15, 0.2) is 53.2 Å². The topological polar surface area (TPSA) is 38.7 Å². The van der Waals surface area contributed by atoms with Gasteiger partial charge in [0, 0.05) is 17.8 Å². The summed E-state index contributed by atoms with van der Waals surface area (Å²) in [5.41, 5.74) is 0.883. The molecule has 0 aromatic carbocycles. The Kier molecular flexibility index (Phi) is 1.24. The molecule has 0 amide bonds. The standard InChI is InChI=1S/C11H7NO2/c13-10-7-8-4-6-12-9-3-1-2-5-11(8,9)14-10/h1-7H. The molecule has 14 heavy (non-hydrogen) atoms. The Balaban J connectivity index is 2.24. The van der Waals surface area contributed by atoms with Gasteiger partial charge in [-0.3, -0.25) is 4.99 Å². The van der Waals surface area contributed by atoms with Crippen molar-refractivity contribution in [1.82, 2.24) is 0 Å². The van der Waals surface area contributed by atoms with Gasteiger partial charge in [0.2, 0.25) is 0 Å². The number of carbonyl (C=O) groups excluding carboxylic acids is 1. The Labute approximate surface area is 80.8 Å². The highest BCUT2D eigenvalue weighted by molar-refractivity contribution is 6.12. The zero-order valence-electron chi connectivity index (χ0n) is 7.31. The lowest BCUT2D eigenvalue weighted by atomic mass is 9.85. The molecule has 0 aromatic rings. The normalized spacial score (nSPS) is 31.9. The number of hydrogen-bond acceptors (Lipinski definition) is 3. The van der Waals surface area contributed by atoms with Gasteiger partial charge in [-0.2, -0.15) is 0 Å². The maximum Gasteiger partial charge on any atom is 0.332 e. The number of esters is 1. The Morgan fingerprint density at radius 1 is 1.29 bits per heavy atom. The van der Waals surface area contributed by atoms with E-state index in [0.29, 0.717) is 0 Å². The van der Waals surface area contributed by atoms with Crippen LogP contribution < -0.4 is 0 Å². The molecule has 0 aromatic heterocycles. The largest absolute Gasteiger partial charge is 0.440 e. The van der Waals surface area contributed by atoms with E-state index >= 15 is 0 Å². The van der Waals surface area contributed by atoms with Crippen molar-refractivity contribution in [2.75, 3.05) is 0 Å². The van der Waals surface area contributed by atoms with Crippen molar-refractivity contribution >= 4 is 11.7 Å². The summed E-state index contributed by atoms with van der Waals surface area (Å²) in [6.45, 7) is 0. The first-order valence-electron chi connectivity index (χ1n) is 4.37. The molecule has 1 aliphatic carbocycles. The minimum absolute atomic E-state index is 0.306. The molecule has 0 fully saturated rings. The fraction of sp³-hybridized carbons (Fsp3) is 0.0909. The van der Waals surface area contributed by atoms with E-state index in [1.165, 1.54) is 6.08 Å². The number of aliphatic imine (C=N–C) groups is 1. The first-order valence-corrected chi connectivity index (χ1v) is 4.37. The average molecular weight is 185 g/mol. The van der Waals surface area contributed by atoms with E-state index < -0.39 is 5.60 Å². The third-order valence-electron chi connectivity index (χ3n) is 2.51. The fourth-order valence-corrected chi connectivity index (χ4v) is 1.87. The minimum atomic E-state index is -0.736. The highest BCUT2D eigenvalue weighted by atomic mass is 16.6. The lowest BCUT2D eigenvalue weighted by Gasteiger charge is -2.30. The molecule has 0 N–H and O–H groups in total. The van der Waals surface area contributed by atoms with Gasteiger partial charge >= 0.3 is 5.97 Å². The van der Waals surface area contributed by atoms with Crippen LogP contribution in [0.1, 0.15) is 0 Å². The van der Waals surface area contributed by atoms with E-state index in [1.807, 2.05) is 24.3 Å². The Morgan fingerprint density at radius 3 is 3.14 bits per heavy atom. The fourth-order valence-electron chi connectivity index (χ4n) is 1.87. The van der Waals surface area contributed by atoms with Gasteiger partial charge in [-0.05, 0) is 18.2 Å². The third kappa shape index (κ3) is 0.763. The Bertz CT molecular complexity index is 462. The molecule has 1 spiro atoms. The van der Waals surface area contributed by atoms with E-state index in [4.69, 9.17) is 4.74 Å². The first kappa shape index (κ1) is 7.50. The summed E-state index contributed by atoms with van der Waals surface area (Å²) < 4.78 is 5.31. The second kappa shape index (κ2) is 2.32. The summed E-state index contributed by atoms with van der Waals surface area (Å²) in [5.74, 6) is -0.306. The molecule has 1 unspecified atom stereocenters. The molecule has 3 heteroatoms. The van der Waals surface area contributed by atoms with E-state index in [0.717, 1.165) is 11.3 Å². The summed E-state index contributed by atoms with van der Waals surface area (Å²) in [4.78, 5) is 15.4. The lowest BCUT2D eigenvalue weighted by molar-refractivity contribution is -0.139. The van der Waals surface area contributed by atoms with Crippen molar-refractivity contribution in [3.8, 4) is 0 Å². The highest BCUT2D eigenvalue weighted by Gasteiger charge is 2.45. The second-order valence-electron chi connectivity index (χ2n) is 3.30.